The van der Waals surface area contributed by atoms with Gasteiger partial charge in [0.15, 0.2) is 10.9 Å². The molecule has 0 spiro atoms. The maximum Gasteiger partial charge on any atom is 0.229 e. The number of aromatic nitrogens is 1. The first-order valence-electron chi connectivity index (χ1n) is 7.08. The standard InChI is InChI=1S/C13H19N3O4S2/c1-3-22(19,20)16-6-4-10(5-7-16)12(18)15-13-14-11(8-21-13)9(2)17/h8,10H,3-7H2,1-2H3,(H,14,15,18). The molecular formula is C13H19N3O4S2. The third-order valence-corrected chi connectivity index (χ3v) is 6.32. The highest BCUT2D eigenvalue weighted by atomic mass is 32.2. The lowest BCUT2D eigenvalue weighted by Crippen LogP contribution is -2.42. The zero-order valence-corrected chi connectivity index (χ0v) is 14.2. The fourth-order valence-electron chi connectivity index (χ4n) is 2.28. The zero-order valence-electron chi connectivity index (χ0n) is 12.5. The number of carbonyl (C=O) groups excluding carboxylic acids is 2. The first-order chi connectivity index (χ1) is 10.3. The maximum absolute atomic E-state index is 12.2. The Labute approximate surface area is 133 Å². The molecule has 1 aromatic rings. The first kappa shape index (κ1) is 17.0. The largest absolute Gasteiger partial charge is 0.302 e. The molecular weight excluding hydrogens is 326 g/mol. The molecule has 1 saturated heterocycles. The van der Waals surface area contributed by atoms with Gasteiger partial charge in [0.2, 0.25) is 15.9 Å². The van der Waals surface area contributed by atoms with E-state index < -0.39 is 10.0 Å². The summed E-state index contributed by atoms with van der Waals surface area (Å²) in [5.74, 6) is -0.461. The number of amides is 1. The second-order valence-electron chi connectivity index (χ2n) is 5.16. The van der Waals surface area contributed by atoms with E-state index in [1.54, 1.807) is 12.3 Å². The lowest BCUT2D eigenvalue weighted by Gasteiger charge is -2.30. The molecule has 1 N–H and O–H groups in total. The van der Waals surface area contributed by atoms with E-state index in [0.717, 1.165) is 0 Å². The third-order valence-electron chi connectivity index (χ3n) is 3.68. The van der Waals surface area contributed by atoms with Gasteiger partial charge in [-0.3, -0.25) is 9.59 Å². The molecule has 0 radical (unpaired) electrons. The normalized spacial score (nSPS) is 17.4. The topological polar surface area (TPSA) is 96.4 Å². The molecule has 7 nitrogen and oxygen atoms in total. The maximum atomic E-state index is 12.2. The van der Waals surface area contributed by atoms with Crippen molar-refractivity contribution in [3.63, 3.8) is 0 Å². The predicted molar refractivity (Wildman–Crippen MR) is 84.5 cm³/mol. The predicted octanol–water partition coefficient (Wildman–Crippen LogP) is 1.35. The number of ketones is 1. The smallest absolute Gasteiger partial charge is 0.229 e. The van der Waals surface area contributed by atoms with Crippen molar-refractivity contribution < 1.29 is 18.0 Å². The second-order valence-corrected chi connectivity index (χ2v) is 8.27. The molecule has 1 aliphatic rings. The minimum atomic E-state index is -3.18. The van der Waals surface area contributed by atoms with Crippen molar-refractivity contribution in [2.75, 3.05) is 24.2 Å². The quantitative estimate of drug-likeness (QED) is 0.813. The van der Waals surface area contributed by atoms with Gasteiger partial charge in [-0.2, -0.15) is 0 Å². The molecule has 122 valence electrons. The summed E-state index contributed by atoms with van der Waals surface area (Å²) < 4.78 is 25.0. The number of Topliss-reactive ketones (excluding diaryl/α,β-unsaturated/α-hetero) is 1. The number of carbonyl (C=O) groups is 2. The van der Waals surface area contributed by atoms with Gasteiger partial charge in [-0.25, -0.2) is 17.7 Å². The fourth-order valence-corrected chi connectivity index (χ4v) is 4.16. The average Bonchev–Trinajstić information content (AvgIpc) is 2.96. The van der Waals surface area contributed by atoms with E-state index in [-0.39, 0.29) is 23.4 Å². The number of hydrogen-bond donors (Lipinski definition) is 1. The van der Waals surface area contributed by atoms with Crippen LogP contribution in [0, 0.1) is 5.92 Å². The number of sulfonamides is 1. The highest BCUT2D eigenvalue weighted by Gasteiger charge is 2.30. The molecule has 1 aromatic heterocycles. The number of hydrogen-bond acceptors (Lipinski definition) is 6. The molecule has 1 amide bonds. The Morgan fingerprint density at radius 2 is 2.05 bits per heavy atom. The van der Waals surface area contributed by atoms with Crippen molar-refractivity contribution in [2.24, 2.45) is 5.92 Å². The van der Waals surface area contributed by atoms with Crippen LogP contribution < -0.4 is 5.32 Å². The molecule has 0 aromatic carbocycles. The minimum absolute atomic E-state index is 0.0802. The van der Waals surface area contributed by atoms with Crippen LogP contribution in [0.25, 0.3) is 0 Å². The molecule has 0 saturated carbocycles. The Kier molecular flexibility index (Phi) is 5.30. The van der Waals surface area contributed by atoms with Gasteiger partial charge in [-0.05, 0) is 19.8 Å². The van der Waals surface area contributed by atoms with Crippen LogP contribution in [-0.2, 0) is 14.8 Å². The Bertz CT molecular complexity index is 661. The van der Waals surface area contributed by atoms with Crippen LogP contribution in [-0.4, -0.2) is 48.2 Å². The van der Waals surface area contributed by atoms with Crippen LogP contribution in [0.4, 0.5) is 5.13 Å². The number of rotatable bonds is 5. The van der Waals surface area contributed by atoms with Gasteiger partial charge < -0.3 is 5.32 Å². The van der Waals surface area contributed by atoms with Crippen LogP contribution in [0.1, 0.15) is 37.2 Å². The lowest BCUT2D eigenvalue weighted by molar-refractivity contribution is -0.120. The van der Waals surface area contributed by atoms with Crippen LogP contribution in [0.2, 0.25) is 0 Å². The van der Waals surface area contributed by atoms with Crippen molar-refractivity contribution >= 4 is 38.2 Å². The monoisotopic (exact) mass is 345 g/mol. The van der Waals surface area contributed by atoms with Gasteiger partial charge in [0.1, 0.15) is 5.69 Å². The van der Waals surface area contributed by atoms with Crippen molar-refractivity contribution in [1.82, 2.24) is 9.29 Å². The van der Waals surface area contributed by atoms with E-state index in [1.165, 1.54) is 22.6 Å². The molecule has 1 fully saturated rings. The van der Waals surface area contributed by atoms with Crippen molar-refractivity contribution in [3.8, 4) is 0 Å². The van der Waals surface area contributed by atoms with Gasteiger partial charge in [0.25, 0.3) is 0 Å². The number of nitrogens with zero attached hydrogens (tertiary/aromatic N) is 2. The van der Waals surface area contributed by atoms with Crippen molar-refractivity contribution in [3.05, 3.63) is 11.1 Å². The number of thiazole rings is 1. The highest BCUT2D eigenvalue weighted by molar-refractivity contribution is 7.89. The van der Waals surface area contributed by atoms with Gasteiger partial charge in [0, 0.05) is 31.3 Å². The van der Waals surface area contributed by atoms with Crippen LogP contribution in [0.3, 0.4) is 0 Å². The molecule has 0 atom stereocenters. The van der Waals surface area contributed by atoms with Crippen molar-refractivity contribution in [2.45, 2.75) is 26.7 Å². The third kappa shape index (κ3) is 3.90. The molecule has 0 unspecified atom stereocenters. The molecule has 2 heterocycles. The average molecular weight is 345 g/mol. The molecule has 1 aliphatic heterocycles. The SMILES string of the molecule is CCS(=O)(=O)N1CCC(C(=O)Nc2nc(C(C)=O)cs2)CC1. The molecule has 22 heavy (non-hydrogen) atoms. The van der Waals surface area contributed by atoms with Crippen molar-refractivity contribution in [1.29, 1.82) is 0 Å². The fraction of sp³-hybridized carbons (Fsp3) is 0.615. The second kappa shape index (κ2) is 6.84. The Morgan fingerprint density at radius 1 is 1.41 bits per heavy atom. The Hall–Kier alpha value is -1.32. The summed E-state index contributed by atoms with van der Waals surface area (Å²) in [7, 11) is -3.18. The summed E-state index contributed by atoms with van der Waals surface area (Å²) in [6.45, 7) is 3.77. The van der Waals surface area contributed by atoms with E-state index in [1.807, 2.05) is 0 Å². The first-order valence-corrected chi connectivity index (χ1v) is 9.57. The number of anilines is 1. The molecule has 9 heteroatoms. The van der Waals surface area contributed by atoms with Gasteiger partial charge in [-0.15, -0.1) is 11.3 Å². The van der Waals surface area contributed by atoms with Gasteiger partial charge in [0.05, 0.1) is 5.75 Å². The summed E-state index contributed by atoms with van der Waals surface area (Å²) in [6.07, 6.45) is 0.992. The summed E-state index contributed by atoms with van der Waals surface area (Å²) in [6, 6.07) is 0. The summed E-state index contributed by atoms with van der Waals surface area (Å²) in [4.78, 5) is 27.4. The van der Waals surface area contributed by atoms with E-state index >= 15 is 0 Å². The van der Waals surface area contributed by atoms with Gasteiger partial charge in [-0.1, -0.05) is 0 Å². The van der Waals surface area contributed by atoms with E-state index in [2.05, 4.69) is 10.3 Å². The zero-order chi connectivity index (χ0) is 16.3. The summed E-state index contributed by atoms with van der Waals surface area (Å²) in [5.41, 5.74) is 0.337. The highest BCUT2D eigenvalue weighted by Crippen LogP contribution is 2.23. The Balaban J connectivity index is 1.91. The number of nitrogens with one attached hydrogen (secondary N) is 1. The summed E-state index contributed by atoms with van der Waals surface area (Å²) >= 11 is 1.21. The molecule has 2 rings (SSSR count). The number of piperidine rings is 1. The minimum Gasteiger partial charge on any atom is -0.302 e. The van der Waals surface area contributed by atoms with Crippen LogP contribution >= 0.6 is 11.3 Å². The Morgan fingerprint density at radius 3 is 2.55 bits per heavy atom. The lowest BCUT2D eigenvalue weighted by atomic mass is 9.97. The van der Waals surface area contributed by atoms with E-state index in [4.69, 9.17) is 0 Å². The molecule has 0 bridgehead atoms. The van der Waals surface area contributed by atoms with E-state index in [0.29, 0.717) is 36.8 Å². The summed E-state index contributed by atoms with van der Waals surface area (Å²) in [5, 5.41) is 4.71. The van der Waals surface area contributed by atoms with Gasteiger partial charge >= 0.3 is 0 Å². The van der Waals surface area contributed by atoms with Crippen LogP contribution in [0.5, 0.6) is 0 Å². The van der Waals surface area contributed by atoms with Crippen LogP contribution in [0.15, 0.2) is 5.38 Å². The van der Waals surface area contributed by atoms with E-state index in [9.17, 15) is 18.0 Å². The molecule has 0 aliphatic carbocycles.